The monoisotopic (exact) mass is 335 g/mol. The summed E-state index contributed by atoms with van der Waals surface area (Å²) < 4.78 is 13.6. The van der Waals surface area contributed by atoms with Gasteiger partial charge >= 0.3 is 0 Å². The molecule has 0 spiro atoms. The van der Waals surface area contributed by atoms with E-state index in [1.807, 2.05) is 26.0 Å². The van der Waals surface area contributed by atoms with Gasteiger partial charge in [0.2, 0.25) is 0 Å². The van der Waals surface area contributed by atoms with Crippen molar-refractivity contribution < 1.29 is 9.18 Å². The predicted molar refractivity (Wildman–Crippen MR) is 97.8 cm³/mol. The molecule has 2 N–H and O–H groups in total. The number of carbonyl (C=O) groups is 1. The molecule has 0 saturated carbocycles. The number of anilines is 3. The molecule has 25 heavy (non-hydrogen) atoms. The van der Waals surface area contributed by atoms with Gasteiger partial charge in [-0.1, -0.05) is 18.2 Å². The van der Waals surface area contributed by atoms with Crippen LogP contribution in [0.2, 0.25) is 0 Å². The van der Waals surface area contributed by atoms with E-state index in [1.165, 1.54) is 6.07 Å². The van der Waals surface area contributed by atoms with Crippen LogP contribution in [0.1, 0.15) is 21.5 Å². The third-order valence-corrected chi connectivity index (χ3v) is 3.93. The molecule has 3 rings (SSSR count). The van der Waals surface area contributed by atoms with Gasteiger partial charge < -0.3 is 10.6 Å². The van der Waals surface area contributed by atoms with Gasteiger partial charge in [-0.05, 0) is 61.4 Å². The third-order valence-electron chi connectivity index (χ3n) is 3.93. The Bertz CT molecular complexity index is 907. The van der Waals surface area contributed by atoms with E-state index in [0.29, 0.717) is 22.8 Å². The number of carbonyl (C=O) groups excluding carboxylic acids is 1. The molecule has 126 valence electrons. The second-order valence-electron chi connectivity index (χ2n) is 5.79. The number of aryl methyl sites for hydroxylation is 2. The van der Waals surface area contributed by atoms with Crippen molar-refractivity contribution in [2.45, 2.75) is 13.8 Å². The van der Waals surface area contributed by atoms with Crippen LogP contribution in [0.3, 0.4) is 0 Å². The number of hydrogen-bond acceptors (Lipinski definition) is 3. The van der Waals surface area contributed by atoms with E-state index >= 15 is 0 Å². The highest BCUT2D eigenvalue weighted by Crippen LogP contribution is 2.20. The predicted octanol–water partition coefficient (Wildman–Crippen LogP) is 4.83. The fourth-order valence-electron chi connectivity index (χ4n) is 2.33. The lowest BCUT2D eigenvalue weighted by Crippen LogP contribution is -2.13. The van der Waals surface area contributed by atoms with Gasteiger partial charge in [0.25, 0.3) is 5.91 Å². The molecule has 0 unspecified atom stereocenters. The average molecular weight is 335 g/mol. The van der Waals surface area contributed by atoms with Crippen LogP contribution >= 0.6 is 0 Å². The fourth-order valence-corrected chi connectivity index (χ4v) is 2.33. The number of nitrogens with zero attached hydrogens (tertiary/aromatic N) is 1. The Morgan fingerprint density at radius 1 is 1.00 bits per heavy atom. The molecule has 2 aromatic carbocycles. The van der Waals surface area contributed by atoms with Crippen molar-refractivity contribution in [2.24, 2.45) is 0 Å². The molecule has 0 aliphatic heterocycles. The van der Waals surface area contributed by atoms with Crippen LogP contribution in [0.4, 0.5) is 21.6 Å². The van der Waals surface area contributed by atoms with E-state index < -0.39 is 0 Å². The minimum Gasteiger partial charge on any atom is -0.352 e. The summed E-state index contributed by atoms with van der Waals surface area (Å²) in [5, 5.41) is 5.70. The Hall–Kier alpha value is -3.21. The summed E-state index contributed by atoms with van der Waals surface area (Å²) in [4.78, 5) is 16.5. The average Bonchev–Trinajstić information content (AvgIpc) is 2.61. The normalized spacial score (nSPS) is 10.4. The molecule has 4 nitrogen and oxygen atoms in total. The lowest BCUT2D eigenvalue weighted by atomic mass is 10.1. The molecule has 1 aromatic heterocycles. The Kier molecular flexibility index (Phi) is 4.75. The highest BCUT2D eigenvalue weighted by atomic mass is 19.1. The van der Waals surface area contributed by atoms with Crippen LogP contribution in [0, 0.1) is 19.7 Å². The van der Waals surface area contributed by atoms with Gasteiger partial charge in [-0.3, -0.25) is 4.79 Å². The Balaban J connectivity index is 1.69. The maximum atomic E-state index is 13.6. The third kappa shape index (κ3) is 4.01. The van der Waals surface area contributed by atoms with Gasteiger partial charge in [-0.25, -0.2) is 9.37 Å². The number of rotatable bonds is 4. The van der Waals surface area contributed by atoms with Crippen LogP contribution in [0.25, 0.3) is 0 Å². The summed E-state index contributed by atoms with van der Waals surface area (Å²) >= 11 is 0. The molecule has 3 aromatic rings. The highest BCUT2D eigenvalue weighted by molar-refractivity contribution is 6.03. The highest BCUT2D eigenvalue weighted by Gasteiger charge is 2.08. The molecular formula is C20H18FN3O. The second kappa shape index (κ2) is 7.13. The van der Waals surface area contributed by atoms with Crippen molar-refractivity contribution >= 4 is 23.1 Å². The number of amides is 1. The standard InChI is InChI=1S/C20H18FN3O/c1-13-7-8-15(11-14(13)2)20(25)24-19-10-9-16(12-22-19)23-18-6-4-3-5-17(18)21/h3-12,23H,1-2H3,(H,22,24,25). The van der Waals surface area contributed by atoms with E-state index in [1.54, 1.807) is 42.6 Å². The first-order valence-electron chi connectivity index (χ1n) is 7.89. The van der Waals surface area contributed by atoms with E-state index in [-0.39, 0.29) is 11.7 Å². The first kappa shape index (κ1) is 16.6. The summed E-state index contributed by atoms with van der Waals surface area (Å²) in [5.74, 6) is -0.123. The Morgan fingerprint density at radius 2 is 1.80 bits per heavy atom. The van der Waals surface area contributed by atoms with Gasteiger partial charge in [-0.2, -0.15) is 0 Å². The van der Waals surface area contributed by atoms with Gasteiger partial charge in [-0.15, -0.1) is 0 Å². The number of halogens is 1. The van der Waals surface area contributed by atoms with Crippen molar-refractivity contribution in [3.05, 3.63) is 83.3 Å². The van der Waals surface area contributed by atoms with Crippen molar-refractivity contribution in [2.75, 3.05) is 10.6 Å². The molecule has 0 fully saturated rings. The van der Waals surface area contributed by atoms with E-state index in [0.717, 1.165) is 11.1 Å². The zero-order chi connectivity index (χ0) is 17.8. The zero-order valence-corrected chi connectivity index (χ0v) is 14.0. The lowest BCUT2D eigenvalue weighted by molar-refractivity contribution is 0.102. The molecule has 0 saturated heterocycles. The molecule has 1 amide bonds. The van der Waals surface area contributed by atoms with Crippen molar-refractivity contribution in [3.63, 3.8) is 0 Å². The van der Waals surface area contributed by atoms with E-state index in [2.05, 4.69) is 15.6 Å². The van der Waals surface area contributed by atoms with Crippen LogP contribution < -0.4 is 10.6 Å². The zero-order valence-electron chi connectivity index (χ0n) is 14.0. The minimum atomic E-state index is -0.338. The molecule has 1 heterocycles. The van der Waals surface area contributed by atoms with Crippen molar-refractivity contribution in [1.29, 1.82) is 0 Å². The van der Waals surface area contributed by atoms with Gasteiger partial charge in [0.15, 0.2) is 0 Å². The van der Waals surface area contributed by atoms with Gasteiger partial charge in [0, 0.05) is 5.56 Å². The summed E-state index contributed by atoms with van der Waals surface area (Å²) in [6.45, 7) is 3.97. The molecular weight excluding hydrogens is 317 g/mol. The number of benzene rings is 2. The molecule has 0 aliphatic carbocycles. The second-order valence-corrected chi connectivity index (χ2v) is 5.79. The van der Waals surface area contributed by atoms with E-state index in [9.17, 15) is 9.18 Å². The van der Waals surface area contributed by atoms with Crippen LogP contribution in [-0.2, 0) is 0 Å². The van der Waals surface area contributed by atoms with Crippen molar-refractivity contribution in [3.8, 4) is 0 Å². The molecule has 0 atom stereocenters. The summed E-state index contributed by atoms with van der Waals surface area (Å²) in [7, 11) is 0. The fraction of sp³-hybridized carbons (Fsp3) is 0.100. The minimum absolute atomic E-state index is 0.217. The van der Waals surface area contributed by atoms with Crippen LogP contribution in [0.5, 0.6) is 0 Å². The Labute approximate surface area is 145 Å². The first-order chi connectivity index (χ1) is 12.0. The van der Waals surface area contributed by atoms with Crippen LogP contribution in [-0.4, -0.2) is 10.9 Å². The largest absolute Gasteiger partial charge is 0.352 e. The van der Waals surface area contributed by atoms with E-state index in [4.69, 9.17) is 0 Å². The topological polar surface area (TPSA) is 54.0 Å². The Morgan fingerprint density at radius 3 is 2.48 bits per heavy atom. The molecule has 0 aliphatic rings. The summed E-state index contributed by atoms with van der Waals surface area (Å²) in [5.41, 5.74) is 3.78. The van der Waals surface area contributed by atoms with Gasteiger partial charge in [0.05, 0.1) is 17.6 Å². The first-order valence-corrected chi connectivity index (χ1v) is 7.89. The van der Waals surface area contributed by atoms with Crippen LogP contribution in [0.15, 0.2) is 60.8 Å². The number of para-hydroxylation sites is 1. The number of hydrogen-bond donors (Lipinski definition) is 2. The number of aromatic nitrogens is 1. The maximum absolute atomic E-state index is 13.6. The SMILES string of the molecule is Cc1ccc(C(=O)Nc2ccc(Nc3ccccc3F)cn2)cc1C. The summed E-state index contributed by atoms with van der Waals surface area (Å²) in [6, 6.07) is 15.3. The molecule has 5 heteroatoms. The van der Waals surface area contributed by atoms with Crippen molar-refractivity contribution in [1.82, 2.24) is 4.98 Å². The summed E-state index contributed by atoms with van der Waals surface area (Å²) in [6.07, 6.45) is 1.54. The maximum Gasteiger partial charge on any atom is 0.256 e. The lowest BCUT2D eigenvalue weighted by Gasteiger charge is -2.09. The smallest absolute Gasteiger partial charge is 0.256 e. The quantitative estimate of drug-likeness (QED) is 0.718. The number of nitrogens with one attached hydrogen (secondary N) is 2. The molecule has 0 bridgehead atoms. The number of pyridine rings is 1. The molecule has 0 radical (unpaired) electrons. The van der Waals surface area contributed by atoms with Gasteiger partial charge in [0.1, 0.15) is 11.6 Å².